The molecule has 0 radical (unpaired) electrons. The van der Waals surface area contributed by atoms with Crippen LogP contribution in [0.5, 0.6) is 0 Å². The second-order valence-electron chi connectivity index (χ2n) is 7.89. The molecule has 0 saturated carbocycles. The molecule has 2 aliphatic rings. The molecule has 1 aromatic carbocycles. The molecule has 1 atom stereocenters. The van der Waals surface area contributed by atoms with Gasteiger partial charge in [0.1, 0.15) is 0 Å². The molecule has 9 heteroatoms. The third kappa shape index (κ3) is 3.88. The minimum absolute atomic E-state index is 0.0604. The van der Waals surface area contributed by atoms with Crippen molar-refractivity contribution in [1.82, 2.24) is 0 Å². The topological polar surface area (TPSA) is 115 Å². The van der Waals surface area contributed by atoms with Crippen LogP contribution in [0.25, 0.3) is 0 Å². The zero-order valence-corrected chi connectivity index (χ0v) is 16.8. The van der Waals surface area contributed by atoms with Crippen molar-refractivity contribution in [3.63, 3.8) is 0 Å². The number of quaternary nitrogens is 1. The van der Waals surface area contributed by atoms with Crippen molar-refractivity contribution < 1.29 is 24.8 Å². The van der Waals surface area contributed by atoms with Crippen molar-refractivity contribution >= 4 is 29.0 Å². The smallest absolute Gasteiger partial charge is 0.333 e. The van der Waals surface area contributed by atoms with Crippen LogP contribution in [-0.2, 0) is 9.59 Å². The lowest BCUT2D eigenvalue weighted by atomic mass is 10.0. The molecule has 30 heavy (non-hydrogen) atoms. The summed E-state index contributed by atoms with van der Waals surface area (Å²) in [6, 6.07) is 10.3. The van der Waals surface area contributed by atoms with E-state index in [1.165, 1.54) is 11.0 Å². The van der Waals surface area contributed by atoms with E-state index in [0.717, 1.165) is 18.4 Å². The molecule has 2 fully saturated rings. The second kappa shape index (κ2) is 8.19. The number of nitrogens with one attached hydrogen (secondary N) is 1. The monoisotopic (exact) mass is 411 g/mol. The SMILES string of the molecule is Cc1ccc(N2C(=O)C[C@@H]([NH2+]C3CCN(c4[nH+]cccc4[N+](=O)[O-])CC3)C2=O)cc1. The van der Waals surface area contributed by atoms with Gasteiger partial charge in [0.25, 0.3) is 5.91 Å². The highest BCUT2D eigenvalue weighted by atomic mass is 16.6. The molecular weight excluding hydrogens is 386 g/mol. The van der Waals surface area contributed by atoms with Crippen LogP contribution in [0, 0.1) is 17.0 Å². The number of rotatable bonds is 5. The van der Waals surface area contributed by atoms with Gasteiger partial charge < -0.3 is 5.32 Å². The number of nitrogens with two attached hydrogens (primary N) is 1. The third-order valence-electron chi connectivity index (χ3n) is 5.84. The number of hydrogen-bond acceptors (Lipinski definition) is 5. The second-order valence-corrected chi connectivity index (χ2v) is 7.89. The van der Waals surface area contributed by atoms with E-state index in [9.17, 15) is 19.7 Å². The highest BCUT2D eigenvalue weighted by Gasteiger charge is 2.44. The minimum atomic E-state index is -0.409. The first kappa shape index (κ1) is 20.0. The number of anilines is 2. The fraction of sp³-hybridized carbons (Fsp3) is 0.381. The molecule has 2 aliphatic heterocycles. The van der Waals surface area contributed by atoms with Crippen molar-refractivity contribution in [3.8, 4) is 0 Å². The number of imide groups is 1. The predicted molar refractivity (Wildman–Crippen MR) is 109 cm³/mol. The fourth-order valence-electron chi connectivity index (χ4n) is 4.23. The molecule has 2 aromatic rings. The summed E-state index contributed by atoms with van der Waals surface area (Å²) < 4.78 is 0. The first-order valence-electron chi connectivity index (χ1n) is 10.1. The molecule has 4 rings (SSSR count). The number of carbonyl (C=O) groups is 2. The summed E-state index contributed by atoms with van der Waals surface area (Å²) in [5.41, 5.74) is 1.75. The van der Waals surface area contributed by atoms with Gasteiger partial charge in [0, 0.05) is 18.9 Å². The molecule has 0 unspecified atom stereocenters. The fourth-order valence-corrected chi connectivity index (χ4v) is 4.23. The molecule has 2 saturated heterocycles. The Labute approximate surface area is 173 Å². The van der Waals surface area contributed by atoms with Gasteiger partial charge in [-0.15, -0.1) is 0 Å². The summed E-state index contributed by atoms with van der Waals surface area (Å²) in [7, 11) is 0. The van der Waals surface area contributed by atoms with Crippen molar-refractivity contribution in [2.24, 2.45) is 0 Å². The van der Waals surface area contributed by atoms with Gasteiger partial charge in [-0.3, -0.25) is 24.6 Å². The van der Waals surface area contributed by atoms with Crippen molar-refractivity contribution in [1.29, 1.82) is 0 Å². The van der Waals surface area contributed by atoms with Gasteiger partial charge in [0.05, 0.1) is 42.4 Å². The van der Waals surface area contributed by atoms with Gasteiger partial charge in [0.2, 0.25) is 5.91 Å². The zero-order valence-electron chi connectivity index (χ0n) is 16.8. The number of H-pyrrole nitrogens is 1. The van der Waals surface area contributed by atoms with E-state index in [2.05, 4.69) is 4.98 Å². The number of carbonyl (C=O) groups excluding carboxylic acids is 2. The van der Waals surface area contributed by atoms with Gasteiger partial charge in [-0.1, -0.05) is 17.7 Å². The lowest BCUT2D eigenvalue weighted by molar-refractivity contribution is -0.709. The first-order valence-corrected chi connectivity index (χ1v) is 10.1. The van der Waals surface area contributed by atoms with Gasteiger partial charge >= 0.3 is 11.5 Å². The standard InChI is InChI=1S/C21H23N5O4/c1-14-4-6-16(7-5-14)25-19(27)13-17(21(25)28)23-15-8-11-24(12-9-15)20-18(26(29)30)3-2-10-22-20/h2-7,10,15,17,23H,8-9,11-13H2,1H3/p+2/t17-/m1/s1. The quantitative estimate of drug-likeness (QED) is 0.439. The van der Waals surface area contributed by atoms with Gasteiger partial charge in [-0.25, -0.2) is 9.88 Å². The largest absolute Gasteiger partial charge is 0.357 e. The Kier molecular flexibility index (Phi) is 5.45. The summed E-state index contributed by atoms with van der Waals surface area (Å²) >= 11 is 0. The number of pyridine rings is 1. The number of aromatic amines is 1. The summed E-state index contributed by atoms with van der Waals surface area (Å²) in [4.78, 5) is 42.5. The van der Waals surface area contributed by atoms with Crippen LogP contribution in [0.15, 0.2) is 42.6 Å². The maximum atomic E-state index is 12.9. The average molecular weight is 411 g/mol. The van der Waals surface area contributed by atoms with E-state index in [1.807, 2.05) is 29.3 Å². The highest BCUT2D eigenvalue weighted by molar-refractivity contribution is 6.21. The van der Waals surface area contributed by atoms with Crippen molar-refractivity contribution in [2.75, 3.05) is 22.9 Å². The van der Waals surface area contributed by atoms with Crippen LogP contribution in [0.4, 0.5) is 17.2 Å². The molecule has 2 amide bonds. The highest BCUT2D eigenvalue weighted by Crippen LogP contribution is 2.25. The average Bonchev–Trinajstić information content (AvgIpc) is 3.02. The number of aromatic nitrogens is 1. The van der Waals surface area contributed by atoms with Crippen LogP contribution in [0.3, 0.4) is 0 Å². The number of nitro groups is 1. The van der Waals surface area contributed by atoms with Gasteiger partial charge in [-0.05, 0) is 25.1 Å². The Balaban J connectivity index is 1.38. The number of piperidine rings is 1. The molecule has 1 aromatic heterocycles. The van der Waals surface area contributed by atoms with Crippen LogP contribution >= 0.6 is 0 Å². The number of aryl methyl sites for hydroxylation is 1. The molecular formula is C21H25N5O4+2. The van der Waals surface area contributed by atoms with Gasteiger partial charge in [0.15, 0.2) is 6.04 Å². The van der Waals surface area contributed by atoms with Crippen LogP contribution < -0.4 is 20.1 Å². The van der Waals surface area contributed by atoms with E-state index in [-0.39, 0.29) is 34.9 Å². The van der Waals surface area contributed by atoms with Crippen LogP contribution in [-0.4, -0.2) is 41.9 Å². The predicted octanol–water partition coefficient (Wildman–Crippen LogP) is 0.582. The third-order valence-corrected chi connectivity index (χ3v) is 5.84. The Hall–Kier alpha value is -3.33. The van der Waals surface area contributed by atoms with Crippen molar-refractivity contribution in [3.05, 3.63) is 58.3 Å². The van der Waals surface area contributed by atoms with E-state index >= 15 is 0 Å². The number of nitrogens with zero attached hydrogens (tertiary/aromatic N) is 3. The number of hydrogen-bond donors (Lipinski definition) is 1. The molecule has 156 valence electrons. The molecule has 3 N–H and O–H groups in total. The molecule has 3 heterocycles. The number of benzene rings is 1. The number of amides is 2. The maximum absolute atomic E-state index is 12.9. The summed E-state index contributed by atoms with van der Waals surface area (Å²) in [6.45, 7) is 3.26. The van der Waals surface area contributed by atoms with Crippen LogP contribution in [0.2, 0.25) is 0 Å². The normalized spacial score (nSPS) is 20.1. The van der Waals surface area contributed by atoms with Gasteiger partial charge in [-0.2, -0.15) is 0 Å². The zero-order chi connectivity index (χ0) is 21.3. The summed E-state index contributed by atoms with van der Waals surface area (Å²) in [5, 5.41) is 13.3. The molecule has 0 spiro atoms. The summed E-state index contributed by atoms with van der Waals surface area (Å²) in [5.74, 6) is 0.175. The Morgan fingerprint density at radius 1 is 1.13 bits per heavy atom. The molecule has 9 nitrogen and oxygen atoms in total. The lowest BCUT2D eigenvalue weighted by Crippen LogP contribution is -2.97. The van der Waals surface area contributed by atoms with E-state index in [4.69, 9.17) is 0 Å². The molecule has 0 aliphatic carbocycles. The summed E-state index contributed by atoms with van der Waals surface area (Å²) in [6.07, 6.45) is 3.44. The van der Waals surface area contributed by atoms with E-state index < -0.39 is 6.04 Å². The van der Waals surface area contributed by atoms with E-state index in [0.29, 0.717) is 24.6 Å². The minimum Gasteiger partial charge on any atom is -0.333 e. The molecule has 0 bridgehead atoms. The van der Waals surface area contributed by atoms with E-state index in [1.54, 1.807) is 24.4 Å². The first-order chi connectivity index (χ1) is 14.4. The maximum Gasteiger partial charge on any atom is 0.357 e. The Morgan fingerprint density at radius 3 is 2.50 bits per heavy atom. The lowest BCUT2D eigenvalue weighted by Gasteiger charge is -2.27. The van der Waals surface area contributed by atoms with Crippen molar-refractivity contribution in [2.45, 2.75) is 38.3 Å². The van der Waals surface area contributed by atoms with Crippen LogP contribution in [0.1, 0.15) is 24.8 Å². The Morgan fingerprint density at radius 2 is 1.83 bits per heavy atom. The Bertz CT molecular complexity index is 970.